The van der Waals surface area contributed by atoms with E-state index in [1.54, 1.807) is 0 Å². The predicted octanol–water partition coefficient (Wildman–Crippen LogP) is 1.84. The average molecular weight is 196 g/mol. The largest absolute Gasteiger partial charge is 0.333 e. The molecule has 0 aromatic carbocycles. The molecule has 2 nitrogen and oxygen atoms in total. The van der Waals surface area contributed by atoms with Gasteiger partial charge in [-0.3, -0.25) is 0 Å². The lowest BCUT2D eigenvalue weighted by atomic mass is 10.8. The molecular formula is C4H2BrF2N2. The van der Waals surface area contributed by atoms with Crippen LogP contribution in [0.4, 0.5) is 8.78 Å². The topological polar surface area (TPSA) is 17.8 Å². The number of hydrogen-bond donors (Lipinski definition) is 0. The molecule has 0 amide bonds. The van der Waals surface area contributed by atoms with Crippen LogP contribution >= 0.6 is 15.9 Å². The first-order valence-corrected chi connectivity index (χ1v) is 2.90. The van der Waals surface area contributed by atoms with E-state index in [2.05, 4.69) is 27.1 Å². The lowest BCUT2D eigenvalue weighted by molar-refractivity contribution is 0.0562. The zero-order valence-electron chi connectivity index (χ0n) is 4.18. The summed E-state index contributed by atoms with van der Waals surface area (Å²) in [5, 5.41) is 3.34. The molecule has 5 heteroatoms. The highest BCUT2D eigenvalue weighted by atomic mass is 79.9. The van der Waals surface area contributed by atoms with Gasteiger partial charge in [0.15, 0.2) is 0 Å². The molecule has 0 aliphatic carbocycles. The second kappa shape index (κ2) is 2.43. The highest BCUT2D eigenvalue weighted by Crippen LogP contribution is 2.10. The Bertz CT molecular complexity index is 198. The number of hydrogen-bond acceptors (Lipinski definition) is 1. The Morgan fingerprint density at radius 3 is 2.67 bits per heavy atom. The number of rotatable bonds is 1. The van der Waals surface area contributed by atoms with Gasteiger partial charge >= 0.3 is 6.55 Å². The van der Waals surface area contributed by atoms with Gasteiger partial charge < -0.3 is 0 Å². The quantitative estimate of drug-likeness (QED) is 0.669. The fourth-order valence-electron chi connectivity index (χ4n) is 0.379. The summed E-state index contributed by atoms with van der Waals surface area (Å²) in [6.07, 6.45) is 1.08. The molecule has 0 saturated carbocycles. The number of alkyl halides is 2. The zero-order chi connectivity index (χ0) is 6.85. The molecule has 1 rings (SSSR count). The van der Waals surface area contributed by atoms with E-state index in [9.17, 15) is 8.78 Å². The van der Waals surface area contributed by atoms with E-state index >= 15 is 0 Å². The van der Waals surface area contributed by atoms with Crippen molar-refractivity contribution in [3.8, 4) is 0 Å². The maximum Gasteiger partial charge on any atom is 0.333 e. The van der Waals surface area contributed by atoms with Gasteiger partial charge in [-0.15, -0.1) is 0 Å². The van der Waals surface area contributed by atoms with Gasteiger partial charge in [-0.1, -0.05) is 0 Å². The normalized spacial score (nSPS) is 10.7. The number of halogens is 3. The summed E-state index contributed by atoms with van der Waals surface area (Å²) < 4.78 is 24.1. The van der Waals surface area contributed by atoms with Crippen molar-refractivity contribution in [1.82, 2.24) is 9.78 Å². The van der Waals surface area contributed by atoms with Gasteiger partial charge in [-0.2, -0.15) is 13.9 Å². The molecule has 0 N–H and O–H groups in total. The molecule has 0 aliphatic rings. The molecule has 0 unspecified atom stereocenters. The molecule has 1 heterocycles. The SMILES string of the molecule is FC(F)n1c[c]c(Br)n1. The minimum absolute atomic E-state index is 0.294. The van der Waals surface area contributed by atoms with Gasteiger partial charge in [0, 0.05) is 12.3 Å². The Kier molecular flexibility index (Phi) is 1.80. The first-order chi connectivity index (χ1) is 4.20. The third-order valence-electron chi connectivity index (χ3n) is 0.719. The van der Waals surface area contributed by atoms with E-state index < -0.39 is 6.55 Å². The standard InChI is InChI=1S/C4H2BrF2N2/c5-3-1-2-9(8-3)4(6)7/h2,4H. The molecule has 1 aromatic rings. The molecule has 9 heavy (non-hydrogen) atoms. The van der Waals surface area contributed by atoms with E-state index in [0.29, 0.717) is 9.28 Å². The molecule has 49 valence electrons. The summed E-state index contributed by atoms with van der Waals surface area (Å²) >= 11 is 2.88. The Balaban J connectivity index is 2.85. The maximum absolute atomic E-state index is 11.6. The number of aromatic nitrogens is 2. The van der Waals surface area contributed by atoms with Crippen molar-refractivity contribution in [3.63, 3.8) is 0 Å². The van der Waals surface area contributed by atoms with Crippen molar-refractivity contribution in [3.05, 3.63) is 16.9 Å². The van der Waals surface area contributed by atoms with Crippen molar-refractivity contribution >= 4 is 15.9 Å². The van der Waals surface area contributed by atoms with Crippen LogP contribution in [-0.2, 0) is 0 Å². The highest BCUT2D eigenvalue weighted by Gasteiger charge is 2.04. The molecule has 0 aliphatic heterocycles. The van der Waals surface area contributed by atoms with Crippen molar-refractivity contribution in [2.24, 2.45) is 0 Å². The van der Waals surface area contributed by atoms with Gasteiger partial charge in [0.1, 0.15) is 4.60 Å². The molecule has 0 saturated heterocycles. The lowest BCUT2D eigenvalue weighted by Crippen LogP contribution is -1.97. The van der Waals surface area contributed by atoms with Crippen molar-refractivity contribution < 1.29 is 8.78 Å². The van der Waals surface area contributed by atoms with Crippen molar-refractivity contribution in [2.75, 3.05) is 0 Å². The van der Waals surface area contributed by atoms with Crippen LogP contribution in [0.3, 0.4) is 0 Å². The second-order valence-corrected chi connectivity index (χ2v) is 2.07. The summed E-state index contributed by atoms with van der Waals surface area (Å²) in [5.41, 5.74) is 0. The van der Waals surface area contributed by atoms with Gasteiger partial charge in [0.05, 0.1) is 0 Å². The molecule has 0 atom stereocenters. The summed E-state index contributed by atoms with van der Waals surface area (Å²) in [5.74, 6) is 0. The van der Waals surface area contributed by atoms with E-state index in [-0.39, 0.29) is 0 Å². The van der Waals surface area contributed by atoms with Crippen LogP contribution in [0.15, 0.2) is 10.8 Å². The Labute approximate surface area is 58.6 Å². The summed E-state index contributed by atoms with van der Waals surface area (Å²) in [6, 6.07) is 2.44. The second-order valence-electron chi connectivity index (χ2n) is 1.32. The minimum Gasteiger partial charge on any atom is -0.210 e. The van der Waals surface area contributed by atoms with Crippen molar-refractivity contribution in [2.45, 2.75) is 6.55 Å². The first-order valence-electron chi connectivity index (χ1n) is 2.10. The Morgan fingerprint density at radius 1 is 1.78 bits per heavy atom. The first kappa shape index (κ1) is 6.67. The predicted molar refractivity (Wildman–Crippen MR) is 30.0 cm³/mol. The summed E-state index contributed by atoms with van der Waals surface area (Å²) in [7, 11) is 0. The van der Waals surface area contributed by atoms with Gasteiger partial charge in [-0.05, 0) is 15.9 Å². The van der Waals surface area contributed by atoms with Crippen LogP contribution in [0.25, 0.3) is 0 Å². The van der Waals surface area contributed by atoms with Gasteiger partial charge in [0.2, 0.25) is 0 Å². The Hall–Kier alpha value is -0.450. The van der Waals surface area contributed by atoms with Crippen LogP contribution in [0.2, 0.25) is 0 Å². The molecule has 1 radical (unpaired) electrons. The third-order valence-corrected chi connectivity index (χ3v) is 1.11. The summed E-state index contributed by atoms with van der Waals surface area (Å²) in [4.78, 5) is 0. The van der Waals surface area contributed by atoms with Crippen LogP contribution in [0.5, 0.6) is 0 Å². The maximum atomic E-state index is 11.6. The van der Waals surface area contributed by atoms with E-state index in [1.165, 1.54) is 0 Å². The highest BCUT2D eigenvalue weighted by molar-refractivity contribution is 9.10. The smallest absolute Gasteiger partial charge is 0.210 e. The van der Waals surface area contributed by atoms with Crippen LogP contribution in [0.1, 0.15) is 6.55 Å². The monoisotopic (exact) mass is 195 g/mol. The zero-order valence-corrected chi connectivity index (χ0v) is 5.77. The lowest BCUT2D eigenvalue weighted by Gasteiger charge is -1.93. The third kappa shape index (κ3) is 1.48. The fraction of sp³-hybridized carbons (Fsp3) is 0.250. The Morgan fingerprint density at radius 2 is 2.44 bits per heavy atom. The number of nitrogens with zero attached hydrogens (tertiary/aromatic N) is 2. The fourth-order valence-corrected chi connectivity index (χ4v) is 0.664. The van der Waals surface area contributed by atoms with E-state index in [1.807, 2.05) is 0 Å². The molecule has 0 fully saturated rings. The minimum atomic E-state index is -2.58. The van der Waals surface area contributed by atoms with Crippen molar-refractivity contribution in [1.29, 1.82) is 0 Å². The molecule has 0 spiro atoms. The van der Waals surface area contributed by atoms with Crippen LogP contribution in [0, 0.1) is 6.07 Å². The molecular weight excluding hydrogens is 194 g/mol. The van der Waals surface area contributed by atoms with Crippen LogP contribution in [-0.4, -0.2) is 9.78 Å². The van der Waals surface area contributed by atoms with Gasteiger partial charge in [-0.25, -0.2) is 4.68 Å². The summed E-state index contributed by atoms with van der Waals surface area (Å²) in [6.45, 7) is -2.58. The molecule has 0 bridgehead atoms. The van der Waals surface area contributed by atoms with Gasteiger partial charge in [0.25, 0.3) is 0 Å². The van der Waals surface area contributed by atoms with E-state index in [4.69, 9.17) is 0 Å². The van der Waals surface area contributed by atoms with Crippen LogP contribution < -0.4 is 0 Å². The average Bonchev–Trinajstić information content (AvgIpc) is 2.14. The van der Waals surface area contributed by atoms with E-state index in [0.717, 1.165) is 6.20 Å². The molecule has 1 aromatic heterocycles.